The van der Waals surface area contributed by atoms with Crippen molar-refractivity contribution < 1.29 is 4.74 Å². The number of rotatable bonds is 6. The first-order valence-electron chi connectivity index (χ1n) is 7.78. The molecule has 1 heterocycles. The van der Waals surface area contributed by atoms with Crippen LogP contribution < -0.4 is 4.74 Å². The molecule has 0 saturated carbocycles. The minimum Gasteiger partial charge on any atom is -0.494 e. The van der Waals surface area contributed by atoms with Crippen molar-refractivity contribution >= 4 is 11.6 Å². The van der Waals surface area contributed by atoms with E-state index in [0.29, 0.717) is 0 Å². The fourth-order valence-electron chi connectivity index (χ4n) is 2.57. The monoisotopic (exact) mass is 295 g/mol. The molecule has 1 aromatic carbocycles. The van der Waals surface area contributed by atoms with Crippen LogP contribution in [0.15, 0.2) is 24.3 Å². The molecule has 0 radical (unpaired) electrons. The van der Waals surface area contributed by atoms with Gasteiger partial charge in [-0.2, -0.15) is 0 Å². The molecule has 1 aliphatic heterocycles. The van der Waals surface area contributed by atoms with Crippen molar-refractivity contribution in [1.82, 2.24) is 4.90 Å². The molecule has 1 saturated heterocycles. The Balaban J connectivity index is 1.84. The summed E-state index contributed by atoms with van der Waals surface area (Å²) < 4.78 is 5.60. The Kier molecular flexibility index (Phi) is 6.18. The molecule has 1 aromatic rings. The van der Waals surface area contributed by atoms with Crippen LogP contribution in [0.4, 0.5) is 0 Å². The van der Waals surface area contributed by atoms with Crippen LogP contribution in [0.1, 0.15) is 44.1 Å². The highest BCUT2D eigenvalue weighted by Crippen LogP contribution is 2.26. The second-order valence-electron chi connectivity index (χ2n) is 5.87. The maximum Gasteiger partial charge on any atom is 0.119 e. The van der Waals surface area contributed by atoms with Gasteiger partial charge in [-0.05, 0) is 56.0 Å². The lowest BCUT2D eigenvalue weighted by Crippen LogP contribution is -2.35. The molecule has 0 aromatic heterocycles. The maximum atomic E-state index is 6.55. The molecule has 0 amide bonds. The van der Waals surface area contributed by atoms with E-state index in [1.807, 2.05) is 12.1 Å². The van der Waals surface area contributed by atoms with Gasteiger partial charge in [0.2, 0.25) is 0 Å². The van der Waals surface area contributed by atoms with E-state index in [1.165, 1.54) is 31.5 Å². The first-order chi connectivity index (χ1) is 9.69. The van der Waals surface area contributed by atoms with Crippen molar-refractivity contribution in [2.75, 3.05) is 26.2 Å². The van der Waals surface area contributed by atoms with E-state index in [-0.39, 0.29) is 5.38 Å². The van der Waals surface area contributed by atoms with Gasteiger partial charge in [0.1, 0.15) is 5.75 Å². The van der Waals surface area contributed by atoms with Crippen LogP contribution >= 0.6 is 11.6 Å². The Bertz CT molecular complexity index is 384. The predicted octanol–water partition coefficient (Wildman–Crippen LogP) is 4.49. The van der Waals surface area contributed by atoms with E-state index >= 15 is 0 Å². The summed E-state index contributed by atoms with van der Waals surface area (Å²) in [5, 5.41) is 0.0728. The lowest BCUT2D eigenvalue weighted by atomic mass is 9.99. The molecule has 2 nitrogen and oxygen atoms in total. The van der Waals surface area contributed by atoms with Crippen LogP contribution in [0.5, 0.6) is 5.75 Å². The average Bonchev–Trinajstić information content (AvgIpc) is 2.48. The largest absolute Gasteiger partial charge is 0.494 e. The SMILES string of the molecule is CCCOc1ccc(C(Cl)CN2CCC(C)CC2)cc1. The lowest BCUT2D eigenvalue weighted by Gasteiger charge is -2.31. The van der Waals surface area contributed by atoms with Gasteiger partial charge in [0, 0.05) is 6.54 Å². The van der Waals surface area contributed by atoms with Gasteiger partial charge in [0.05, 0.1) is 12.0 Å². The second kappa shape index (κ2) is 7.90. The first-order valence-corrected chi connectivity index (χ1v) is 8.22. The zero-order valence-electron chi connectivity index (χ0n) is 12.6. The van der Waals surface area contributed by atoms with Gasteiger partial charge < -0.3 is 9.64 Å². The molecule has 1 unspecified atom stereocenters. The molecule has 112 valence electrons. The normalized spacial score (nSPS) is 18.9. The Morgan fingerprint density at radius 2 is 1.90 bits per heavy atom. The Labute approximate surface area is 128 Å². The molecule has 1 fully saturated rings. The van der Waals surface area contributed by atoms with Crippen molar-refractivity contribution in [3.63, 3.8) is 0 Å². The van der Waals surface area contributed by atoms with E-state index < -0.39 is 0 Å². The zero-order chi connectivity index (χ0) is 14.4. The van der Waals surface area contributed by atoms with E-state index in [0.717, 1.165) is 31.2 Å². The minimum absolute atomic E-state index is 0.0728. The third-order valence-corrected chi connectivity index (χ3v) is 4.40. The maximum absolute atomic E-state index is 6.55. The Morgan fingerprint density at radius 3 is 2.50 bits per heavy atom. The topological polar surface area (TPSA) is 12.5 Å². The fourth-order valence-corrected chi connectivity index (χ4v) is 2.91. The highest BCUT2D eigenvalue weighted by atomic mass is 35.5. The molecule has 2 rings (SSSR count). The number of piperidine rings is 1. The van der Waals surface area contributed by atoms with E-state index in [9.17, 15) is 0 Å². The third-order valence-electron chi connectivity index (χ3n) is 4.01. The number of benzene rings is 1. The summed E-state index contributed by atoms with van der Waals surface area (Å²) in [7, 11) is 0. The zero-order valence-corrected chi connectivity index (χ0v) is 13.4. The summed E-state index contributed by atoms with van der Waals surface area (Å²) in [4.78, 5) is 2.49. The molecule has 1 atom stereocenters. The third kappa shape index (κ3) is 4.68. The summed E-state index contributed by atoms with van der Waals surface area (Å²) in [5.74, 6) is 1.81. The highest BCUT2D eigenvalue weighted by molar-refractivity contribution is 6.21. The number of hydrogen-bond acceptors (Lipinski definition) is 2. The van der Waals surface area contributed by atoms with Gasteiger partial charge in [0.15, 0.2) is 0 Å². The summed E-state index contributed by atoms with van der Waals surface area (Å²) >= 11 is 6.55. The quantitative estimate of drug-likeness (QED) is 0.717. The molecule has 0 bridgehead atoms. The average molecular weight is 296 g/mol. The smallest absolute Gasteiger partial charge is 0.119 e. The number of alkyl halides is 1. The summed E-state index contributed by atoms with van der Waals surface area (Å²) in [6.45, 7) is 8.54. The standard InChI is InChI=1S/C17H26ClNO/c1-3-12-20-16-6-4-15(5-7-16)17(18)13-19-10-8-14(2)9-11-19/h4-7,14,17H,3,8-13H2,1-2H3. The highest BCUT2D eigenvalue weighted by Gasteiger charge is 2.19. The van der Waals surface area contributed by atoms with Crippen molar-refractivity contribution in [1.29, 1.82) is 0 Å². The summed E-state index contributed by atoms with van der Waals surface area (Å²) in [5.41, 5.74) is 1.19. The van der Waals surface area contributed by atoms with Gasteiger partial charge in [-0.1, -0.05) is 26.0 Å². The van der Waals surface area contributed by atoms with Crippen LogP contribution in [0.2, 0.25) is 0 Å². The van der Waals surface area contributed by atoms with Crippen LogP contribution in [0.25, 0.3) is 0 Å². The van der Waals surface area contributed by atoms with Crippen molar-refractivity contribution in [3.05, 3.63) is 29.8 Å². The predicted molar refractivity (Wildman–Crippen MR) is 85.7 cm³/mol. The number of likely N-dealkylation sites (tertiary alicyclic amines) is 1. The van der Waals surface area contributed by atoms with Gasteiger partial charge in [0.25, 0.3) is 0 Å². The van der Waals surface area contributed by atoms with Gasteiger partial charge in [-0.25, -0.2) is 0 Å². The summed E-state index contributed by atoms with van der Waals surface area (Å²) in [6.07, 6.45) is 3.63. The number of ether oxygens (including phenoxy) is 1. The second-order valence-corrected chi connectivity index (χ2v) is 6.39. The van der Waals surface area contributed by atoms with Gasteiger partial charge in [-0.3, -0.25) is 0 Å². The van der Waals surface area contributed by atoms with Crippen molar-refractivity contribution in [3.8, 4) is 5.75 Å². The molecular weight excluding hydrogens is 270 g/mol. The molecule has 0 spiro atoms. The summed E-state index contributed by atoms with van der Waals surface area (Å²) in [6, 6.07) is 8.24. The van der Waals surface area contributed by atoms with Crippen LogP contribution in [0.3, 0.4) is 0 Å². The van der Waals surface area contributed by atoms with Crippen molar-refractivity contribution in [2.24, 2.45) is 5.92 Å². The molecule has 3 heteroatoms. The molecular formula is C17H26ClNO. The van der Waals surface area contributed by atoms with Crippen LogP contribution in [-0.4, -0.2) is 31.1 Å². The van der Waals surface area contributed by atoms with Crippen molar-refractivity contribution in [2.45, 2.75) is 38.5 Å². The first kappa shape index (κ1) is 15.7. The van der Waals surface area contributed by atoms with E-state index in [4.69, 9.17) is 16.3 Å². The number of nitrogens with zero attached hydrogens (tertiary/aromatic N) is 1. The van der Waals surface area contributed by atoms with E-state index in [2.05, 4.69) is 30.9 Å². The molecule has 0 N–H and O–H groups in total. The van der Waals surface area contributed by atoms with Gasteiger partial charge >= 0.3 is 0 Å². The molecule has 1 aliphatic rings. The number of halogens is 1. The molecule has 20 heavy (non-hydrogen) atoms. The lowest BCUT2D eigenvalue weighted by molar-refractivity contribution is 0.192. The van der Waals surface area contributed by atoms with Crippen LogP contribution in [-0.2, 0) is 0 Å². The Morgan fingerprint density at radius 1 is 1.25 bits per heavy atom. The van der Waals surface area contributed by atoms with Gasteiger partial charge in [-0.15, -0.1) is 11.6 Å². The van der Waals surface area contributed by atoms with E-state index in [1.54, 1.807) is 0 Å². The number of hydrogen-bond donors (Lipinski definition) is 0. The molecule has 0 aliphatic carbocycles. The Hall–Kier alpha value is -0.730. The minimum atomic E-state index is 0.0728. The fraction of sp³-hybridized carbons (Fsp3) is 0.647. The van der Waals surface area contributed by atoms with Crippen LogP contribution in [0, 0.1) is 5.92 Å².